The van der Waals surface area contributed by atoms with Crippen LogP contribution in [0.5, 0.6) is 0 Å². The molecule has 0 unspecified atom stereocenters. The predicted molar refractivity (Wildman–Crippen MR) is 51.9 cm³/mol. The summed E-state index contributed by atoms with van der Waals surface area (Å²) in [6.45, 7) is -0.387. The van der Waals surface area contributed by atoms with E-state index in [2.05, 4.69) is 9.73 Å². The number of ether oxygens (including phenoxy) is 1. The van der Waals surface area contributed by atoms with Crippen molar-refractivity contribution in [2.45, 2.75) is 12.4 Å². The standard InChI is InChI=1S/C10H10F3NO2/c11-10(12,13)16-7-14-9(6-15)8-4-2-1-3-5-8/h1-5,7,9,15H,6H2/t9-/m1/s1. The smallest absolute Gasteiger partial charge is 0.395 e. The van der Waals surface area contributed by atoms with Gasteiger partial charge in [-0.15, -0.1) is 13.2 Å². The summed E-state index contributed by atoms with van der Waals surface area (Å²) in [5.74, 6) is 0. The number of hydrogen-bond acceptors (Lipinski definition) is 3. The molecule has 16 heavy (non-hydrogen) atoms. The fourth-order valence-electron chi connectivity index (χ4n) is 1.08. The molecular weight excluding hydrogens is 223 g/mol. The zero-order chi connectivity index (χ0) is 12.0. The Hall–Kier alpha value is -1.56. The number of alkyl halides is 3. The van der Waals surface area contributed by atoms with Crippen molar-refractivity contribution in [1.29, 1.82) is 0 Å². The molecule has 0 radical (unpaired) electrons. The van der Waals surface area contributed by atoms with Crippen LogP contribution in [0.1, 0.15) is 11.6 Å². The number of benzene rings is 1. The van der Waals surface area contributed by atoms with Crippen LogP contribution >= 0.6 is 0 Å². The highest BCUT2D eigenvalue weighted by atomic mass is 19.4. The molecule has 0 saturated carbocycles. The molecule has 88 valence electrons. The van der Waals surface area contributed by atoms with E-state index in [1.807, 2.05) is 0 Å². The lowest BCUT2D eigenvalue weighted by atomic mass is 10.1. The topological polar surface area (TPSA) is 41.8 Å². The molecule has 1 rings (SSSR count). The molecule has 0 aliphatic heterocycles. The highest BCUT2D eigenvalue weighted by Crippen LogP contribution is 2.18. The van der Waals surface area contributed by atoms with Crippen LogP contribution in [-0.4, -0.2) is 24.5 Å². The average Bonchev–Trinajstić information content (AvgIpc) is 2.24. The highest BCUT2D eigenvalue weighted by molar-refractivity contribution is 5.47. The monoisotopic (exact) mass is 233 g/mol. The molecule has 0 aliphatic carbocycles. The number of aliphatic hydroxyl groups is 1. The van der Waals surface area contributed by atoms with E-state index in [0.29, 0.717) is 12.0 Å². The highest BCUT2D eigenvalue weighted by Gasteiger charge is 2.29. The molecular formula is C10H10F3NO2. The summed E-state index contributed by atoms with van der Waals surface area (Å²) in [6.07, 6.45) is -4.45. The Balaban J connectivity index is 2.63. The maximum absolute atomic E-state index is 11.6. The Morgan fingerprint density at radius 3 is 2.44 bits per heavy atom. The minimum atomic E-state index is -4.75. The van der Waals surface area contributed by atoms with Gasteiger partial charge in [0.25, 0.3) is 0 Å². The number of aliphatic imine (C=N–C) groups is 1. The van der Waals surface area contributed by atoms with E-state index in [1.54, 1.807) is 30.3 Å². The van der Waals surface area contributed by atoms with Crippen LogP contribution in [0, 0.1) is 0 Å². The van der Waals surface area contributed by atoms with Crippen molar-refractivity contribution in [3.05, 3.63) is 35.9 Å². The maximum Gasteiger partial charge on any atom is 0.573 e. The van der Waals surface area contributed by atoms with Crippen LogP contribution in [0.25, 0.3) is 0 Å². The van der Waals surface area contributed by atoms with Gasteiger partial charge >= 0.3 is 6.36 Å². The van der Waals surface area contributed by atoms with Gasteiger partial charge in [0, 0.05) is 0 Å². The zero-order valence-electron chi connectivity index (χ0n) is 8.19. The van der Waals surface area contributed by atoms with E-state index in [9.17, 15) is 13.2 Å². The third-order valence-corrected chi connectivity index (χ3v) is 1.78. The fourth-order valence-corrected chi connectivity index (χ4v) is 1.08. The molecule has 1 aromatic carbocycles. The molecule has 1 N–H and O–H groups in total. The van der Waals surface area contributed by atoms with Crippen molar-refractivity contribution in [1.82, 2.24) is 0 Å². The molecule has 0 aromatic heterocycles. The van der Waals surface area contributed by atoms with E-state index >= 15 is 0 Å². The van der Waals surface area contributed by atoms with Crippen molar-refractivity contribution in [3.8, 4) is 0 Å². The number of nitrogens with zero attached hydrogens (tertiary/aromatic N) is 1. The first kappa shape index (κ1) is 12.5. The number of halogens is 3. The Kier molecular flexibility index (Phi) is 4.30. The molecule has 0 bridgehead atoms. The predicted octanol–water partition coefficient (Wildman–Crippen LogP) is 2.28. The van der Waals surface area contributed by atoms with Gasteiger partial charge < -0.3 is 9.84 Å². The quantitative estimate of drug-likeness (QED) is 0.640. The summed E-state index contributed by atoms with van der Waals surface area (Å²) in [5.41, 5.74) is 0.618. The molecule has 0 fully saturated rings. The lowest BCUT2D eigenvalue weighted by Crippen LogP contribution is -2.12. The number of aliphatic hydroxyl groups excluding tert-OH is 1. The molecule has 0 amide bonds. The van der Waals surface area contributed by atoms with Crippen molar-refractivity contribution in [3.63, 3.8) is 0 Å². The minimum Gasteiger partial charge on any atom is -0.395 e. The van der Waals surface area contributed by atoms with Gasteiger partial charge in [0.05, 0.1) is 6.61 Å². The summed E-state index contributed by atoms with van der Waals surface area (Å²) in [6, 6.07) is 7.74. The summed E-state index contributed by atoms with van der Waals surface area (Å²) >= 11 is 0. The second-order valence-electron chi connectivity index (χ2n) is 2.93. The van der Waals surface area contributed by atoms with E-state index in [4.69, 9.17) is 5.11 Å². The van der Waals surface area contributed by atoms with Gasteiger partial charge in [-0.1, -0.05) is 30.3 Å². The van der Waals surface area contributed by atoms with Crippen LogP contribution in [0.2, 0.25) is 0 Å². The summed E-state index contributed by atoms with van der Waals surface area (Å²) < 4.78 is 38.3. The maximum atomic E-state index is 11.6. The summed E-state index contributed by atoms with van der Waals surface area (Å²) in [7, 11) is 0. The van der Waals surface area contributed by atoms with Crippen LogP contribution < -0.4 is 0 Å². The third-order valence-electron chi connectivity index (χ3n) is 1.78. The lowest BCUT2D eigenvalue weighted by Gasteiger charge is -2.09. The second-order valence-corrected chi connectivity index (χ2v) is 2.93. The summed E-state index contributed by atoms with van der Waals surface area (Å²) in [4.78, 5) is 3.48. The van der Waals surface area contributed by atoms with Crippen molar-refractivity contribution < 1.29 is 23.0 Å². The van der Waals surface area contributed by atoms with Crippen LogP contribution in [0.3, 0.4) is 0 Å². The summed E-state index contributed by atoms with van der Waals surface area (Å²) in [5, 5.41) is 8.96. The van der Waals surface area contributed by atoms with Crippen LogP contribution in [0.15, 0.2) is 35.3 Å². The molecule has 1 aromatic rings. The fraction of sp³-hybridized carbons (Fsp3) is 0.300. The largest absolute Gasteiger partial charge is 0.573 e. The van der Waals surface area contributed by atoms with E-state index < -0.39 is 12.4 Å². The van der Waals surface area contributed by atoms with E-state index in [1.165, 1.54) is 0 Å². The normalized spacial score (nSPS) is 14.0. The molecule has 1 atom stereocenters. The SMILES string of the molecule is OC[C@@H](N=COC(F)(F)F)c1ccccc1. The van der Waals surface area contributed by atoms with E-state index in [-0.39, 0.29) is 6.61 Å². The van der Waals surface area contributed by atoms with Crippen molar-refractivity contribution in [2.75, 3.05) is 6.61 Å². The van der Waals surface area contributed by atoms with Crippen molar-refractivity contribution in [2.24, 2.45) is 4.99 Å². The van der Waals surface area contributed by atoms with Gasteiger partial charge in [-0.3, -0.25) is 0 Å². The lowest BCUT2D eigenvalue weighted by molar-refractivity contribution is -0.280. The first-order chi connectivity index (χ1) is 7.53. The van der Waals surface area contributed by atoms with Crippen LogP contribution in [0.4, 0.5) is 13.2 Å². The zero-order valence-corrected chi connectivity index (χ0v) is 8.19. The van der Waals surface area contributed by atoms with Gasteiger partial charge in [0.2, 0.25) is 0 Å². The Labute approximate surface area is 90.2 Å². The Morgan fingerprint density at radius 2 is 1.94 bits per heavy atom. The van der Waals surface area contributed by atoms with Gasteiger partial charge in [0.1, 0.15) is 6.04 Å². The number of rotatable bonds is 4. The first-order valence-electron chi connectivity index (χ1n) is 4.45. The minimum absolute atomic E-state index is 0.299. The molecule has 6 heteroatoms. The first-order valence-corrected chi connectivity index (χ1v) is 4.45. The Morgan fingerprint density at radius 1 is 1.31 bits per heavy atom. The van der Waals surface area contributed by atoms with Crippen molar-refractivity contribution >= 4 is 6.40 Å². The van der Waals surface area contributed by atoms with Crippen LogP contribution in [-0.2, 0) is 4.74 Å². The molecule has 3 nitrogen and oxygen atoms in total. The average molecular weight is 233 g/mol. The molecule has 0 saturated heterocycles. The molecule has 0 spiro atoms. The number of hydrogen-bond donors (Lipinski definition) is 1. The second kappa shape index (κ2) is 5.50. The third kappa shape index (κ3) is 4.31. The van der Waals surface area contributed by atoms with Gasteiger partial charge in [0.15, 0.2) is 6.40 Å². The Bertz CT molecular complexity index is 338. The van der Waals surface area contributed by atoms with Gasteiger partial charge in [-0.2, -0.15) is 0 Å². The molecule has 0 heterocycles. The van der Waals surface area contributed by atoms with Gasteiger partial charge in [-0.05, 0) is 5.56 Å². The molecule has 0 aliphatic rings. The van der Waals surface area contributed by atoms with E-state index in [0.717, 1.165) is 0 Å². The van der Waals surface area contributed by atoms with Gasteiger partial charge in [-0.25, -0.2) is 4.99 Å².